The number of H-pyrrole nitrogens is 1. The zero-order valence-corrected chi connectivity index (χ0v) is 20.0. The minimum Gasteiger partial charge on any atom is -0.368 e. The molecule has 0 aliphatic carbocycles. The van der Waals surface area contributed by atoms with Gasteiger partial charge in [0, 0.05) is 60.1 Å². The quantitative estimate of drug-likeness (QED) is 0.410. The van der Waals surface area contributed by atoms with Gasteiger partial charge in [0.05, 0.1) is 23.8 Å². The third-order valence-electron chi connectivity index (χ3n) is 7.07. The third kappa shape index (κ3) is 3.93. The lowest BCUT2D eigenvalue weighted by molar-refractivity contribution is 0.278. The van der Waals surface area contributed by atoms with Crippen LogP contribution < -0.4 is 10.2 Å². The van der Waals surface area contributed by atoms with Crippen LogP contribution in [0.1, 0.15) is 17.0 Å². The fourth-order valence-corrected chi connectivity index (χ4v) is 5.55. The van der Waals surface area contributed by atoms with Crippen molar-refractivity contribution in [2.45, 2.75) is 5.92 Å². The number of rotatable bonds is 4. The molecule has 7 heteroatoms. The Morgan fingerprint density at radius 2 is 1.71 bits per heavy atom. The van der Waals surface area contributed by atoms with Crippen molar-refractivity contribution in [3.05, 3.63) is 100 Å². The summed E-state index contributed by atoms with van der Waals surface area (Å²) in [6, 6.07) is 25.3. The Morgan fingerprint density at radius 1 is 0.943 bits per heavy atom. The number of piperazine rings is 1. The van der Waals surface area contributed by atoms with Crippen LogP contribution in [0.15, 0.2) is 84.2 Å². The molecule has 1 saturated heterocycles. The summed E-state index contributed by atoms with van der Waals surface area (Å²) < 4.78 is 0. The van der Waals surface area contributed by atoms with Crippen LogP contribution in [-0.2, 0) is 0 Å². The Morgan fingerprint density at radius 3 is 2.54 bits per heavy atom. The minimum absolute atomic E-state index is 0.240. The van der Waals surface area contributed by atoms with Crippen LogP contribution >= 0.6 is 11.6 Å². The molecule has 0 spiro atoms. The number of fused-ring (bicyclic) bond motifs is 2. The summed E-state index contributed by atoms with van der Waals surface area (Å²) in [6.07, 6.45) is 1.79. The lowest BCUT2D eigenvalue weighted by Crippen LogP contribution is -2.47. The second-order valence-corrected chi connectivity index (χ2v) is 9.45. The minimum atomic E-state index is -0.240. The van der Waals surface area contributed by atoms with Gasteiger partial charge in [-0.05, 0) is 23.1 Å². The van der Waals surface area contributed by atoms with Gasteiger partial charge in [0.15, 0.2) is 0 Å². The molecule has 1 atom stereocenters. The lowest BCUT2D eigenvalue weighted by Gasteiger charge is -2.38. The summed E-state index contributed by atoms with van der Waals surface area (Å²) in [4.78, 5) is 4.87. The summed E-state index contributed by atoms with van der Waals surface area (Å²) in [5, 5.41) is 24.2. The molecule has 1 unspecified atom stereocenters. The third-order valence-corrected chi connectivity index (χ3v) is 7.41. The number of benzene rings is 3. The normalized spacial score (nSPS) is 18.3. The smallest absolute Gasteiger partial charge is 0.129 e. The molecular formula is C28H25ClN6. The zero-order valence-electron chi connectivity index (χ0n) is 19.2. The first-order chi connectivity index (χ1) is 17.2. The number of hydrogen-bond acceptors (Lipinski definition) is 5. The monoisotopic (exact) mass is 480 g/mol. The van der Waals surface area contributed by atoms with Crippen molar-refractivity contribution >= 4 is 33.9 Å². The summed E-state index contributed by atoms with van der Waals surface area (Å²) in [5.74, 6) is 0.592. The van der Waals surface area contributed by atoms with Crippen molar-refractivity contribution in [1.82, 2.24) is 15.1 Å². The Kier molecular flexibility index (Phi) is 5.65. The van der Waals surface area contributed by atoms with Crippen molar-refractivity contribution in [2.24, 2.45) is 0 Å². The van der Waals surface area contributed by atoms with Crippen LogP contribution in [-0.4, -0.2) is 47.8 Å². The Labute approximate surface area is 209 Å². The molecule has 0 bridgehead atoms. The van der Waals surface area contributed by atoms with E-state index in [0.717, 1.165) is 48.8 Å². The van der Waals surface area contributed by atoms with Gasteiger partial charge >= 0.3 is 0 Å². The van der Waals surface area contributed by atoms with E-state index in [1.54, 1.807) is 6.20 Å². The number of aromatic amines is 1. The number of halogens is 1. The van der Waals surface area contributed by atoms with Crippen LogP contribution in [0.4, 0.5) is 11.5 Å². The summed E-state index contributed by atoms with van der Waals surface area (Å²) in [7, 11) is 0. The zero-order chi connectivity index (χ0) is 23.8. The predicted octanol–water partition coefficient (Wildman–Crippen LogP) is 5.37. The van der Waals surface area contributed by atoms with Gasteiger partial charge in [-0.15, -0.1) is 0 Å². The molecule has 2 aliphatic rings. The van der Waals surface area contributed by atoms with Crippen molar-refractivity contribution in [3.63, 3.8) is 0 Å². The second-order valence-electron chi connectivity index (χ2n) is 9.05. The highest BCUT2D eigenvalue weighted by atomic mass is 35.5. The molecule has 2 N–H and O–H groups in total. The number of aromatic nitrogens is 2. The van der Waals surface area contributed by atoms with Gasteiger partial charge in [-0.25, -0.2) is 0 Å². The average Bonchev–Trinajstić information content (AvgIpc) is 3.37. The molecule has 0 saturated carbocycles. The fourth-order valence-electron chi connectivity index (χ4n) is 5.31. The molecule has 1 aromatic heterocycles. The Balaban J connectivity index is 1.25. The Bertz CT molecular complexity index is 1450. The Hall–Kier alpha value is -3.79. The van der Waals surface area contributed by atoms with Crippen molar-refractivity contribution in [3.8, 4) is 6.07 Å². The van der Waals surface area contributed by atoms with E-state index in [2.05, 4.69) is 73.8 Å². The molecule has 0 amide bonds. The highest BCUT2D eigenvalue weighted by Gasteiger charge is 2.33. The van der Waals surface area contributed by atoms with Crippen LogP contribution in [0.5, 0.6) is 0 Å². The average molecular weight is 481 g/mol. The SMILES string of the molecule is N#CC1=C(CN2CCN(c3cccc4ccccc34)CC2)Nc2[nH]ncc2C1c1ccccc1Cl. The van der Waals surface area contributed by atoms with Gasteiger partial charge in [-0.3, -0.25) is 10.00 Å². The van der Waals surface area contributed by atoms with Crippen LogP contribution in [0.2, 0.25) is 5.02 Å². The maximum atomic E-state index is 10.2. The van der Waals surface area contributed by atoms with Crippen LogP contribution in [0.3, 0.4) is 0 Å². The van der Waals surface area contributed by atoms with E-state index in [1.807, 2.05) is 24.3 Å². The molecule has 3 aromatic carbocycles. The molecule has 6 nitrogen and oxygen atoms in total. The molecule has 1 fully saturated rings. The second kappa shape index (κ2) is 9.10. The van der Waals surface area contributed by atoms with Gasteiger partial charge in [0.25, 0.3) is 0 Å². The van der Waals surface area contributed by atoms with E-state index in [9.17, 15) is 5.26 Å². The number of allylic oxidation sites excluding steroid dienone is 1. The molecule has 4 aromatic rings. The molecule has 2 aliphatic heterocycles. The maximum Gasteiger partial charge on any atom is 0.129 e. The summed E-state index contributed by atoms with van der Waals surface area (Å²) in [5.41, 5.74) is 4.76. The topological polar surface area (TPSA) is 71.0 Å². The van der Waals surface area contributed by atoms with Crippen molar-refractivity contribution in [1.29, 1.82) is 5.26 Å². The highest BCUT2D eigenvalue weighted by molar-refractivity contribution is 6.31. The van der Waals surface area contributed by atoms with E-state index in [4.69, 9.17) is 11.6 Å². The van der Waals surface area contributed by atoms with Gasteiger partial charge in [-0.1, -0.05) is 66.2 Å². The highest BCUT2D eigenvalue weighted by Crippen LogP contribution is 2.43. The van der Waals surface area contributed by atoms with Crippen LogP contribution in [0, 0.1) is 11.3 Å². The van der Waals surface area contributed by atoms with E-state index >= 15 is 0 Å². The first-order valence-corrected chi connectivity index (χ1v) is 12.2. The van der Waals surface area contributed by atoms with E-state index in [0.29, 0.717) is 17.1 Å². The first-order valence-electron chi connectivity index (χ1n) is 11.9. The first kappa shape index (κ1) is 21.7. The number of anilines is 2. The summed E-state index contributed by atoms with van der Waals surface area (Å²) in [6.45, 7) is 4.38. The van der Waals surface area contributed by atoms with E-state index in [-0.39, 0.29) is 5.92 Å². The van der Waals surface area contributed by atoms with E-state index in [1.165, 1.54) is 16.5 Å². The standard InChI is InChI=1S/C28H25ClN6/c29-24-10-4-3-9-21(24)27-22(16-30)25(32-28-23(27)17-31-33-28)18-34-12-14-35(15-13-34)26-11-5-7-19-6-1-2-8-20(19)26/h1-11,17,27H,12-15,18H2,(H2,31,32,33). The predicted molar refractivity (Wildman–Crippen MR) is 141 cm³/mol. The van der Waals surface area contributed by atoms with Gasteiger partial charge < -0.3 is 10.2 Å². The maximum absolute atomic E-state index is 10.2. The molecule has 6 rings (SSSR count). The molecule has 174 valence electrons. The number of nitriles is 1. The molecule has 35 heavy (non-hydrogen) atoms. The lowest BCUT2D eigenvalue weighted by atomic mass is 9.83. The van der Waals surface area contributed by atoms with E-state index < -0.39 is 0 Å². The van der Waals surface area contributed by atoms with Crippen molar-refractivity contribution < 1.29 is 0 Å². The number of nitrogens with zero attached hydrogens (tertiary/aromatic N) is 4. The number of hydrogen-bond donors (Lipinski definition) is 2. The molecular weight excluding hydrogens is 456 g/mol. The summed E-state index contributed by atoms with van der Waals surface area (Å²) >= 11 is 6.57. The van der Waals surface area contributed by atoms with Crippen molar-refractivity contribution in [2.75, 3.05) is 42.9 Å². The van der Waals surface area contributed by atoms with Gasteiger partial charge in [0.2, 0.25) is 0 Å². The van der Waals surface area contributed by atoms with Crippen LogP contribution in [0.25, 0.3) is 10.8 Å². The fraction of sp³-hybridized carbons (Fsp3) is 0.214. The molecule has 3 heterocycles. The van der Waals surface area contributed by atoms with Gasteiger partial charge in [-0.2, -0.15) is 10.4 Å². The van der Waals surface area contributed by atoms with Gasteiger partial charge in [0.1, 0.15) is 5.82 Å². The largest absolute Gasteiger partial charge is 0.368 e. The number of nitrogens with one attached hydrogen (secondary N) is 2. The molecule has 0 radical (unpaired) electrons.